The molecule has 0 saturated heterocycles. The van der Waals surface area contributed by atoms with Gasteiger partial charge in [0.15, 0.2) is 0 Å². The third-order valence-corrected chi connectivity index (χ3v) is 4.38. The summed E-state index contributed by atoms with van der Waals surface area (Å²) in [6.45, 7) is 6.43. The molecule has 2 unspecified atom stereocenters. The van der Waals surface area contributed by atoms with Crippen LogP contribution < -0.4 is 10.6 Å². The third-order valence-electron chi connectivity index (χ3n) is 4.38. The molecule has 2 aromatic rings. The fourth-order valence-electron chi connectivity index (χ4n) is 3.09. The van der Waals surface area contributed by atoms with Gasteiger partial charge in [0.25, 0.3) is 0 Å². The highest BCUT2D eigenvalue weighted by atomic mass is 15.0. The summed E-state index contributed by atoms with van der Waals surface area (Å²) in [5, 5.41) is 7.32. The molecule has 2 heteroatoms. The van der Waals surface area contributed by atoms with Crippen LogP contribution in [-0.4, -0.2) is 6.54 Å². The Balaban J connectivity index is 1.79. The van der Waals surface area contributed by atoms with E-state index >= 15 is 0 Å². The zero-order chi connectivity index (χ0) is 14.7. The zero-order valence-corrected chi connectivity index (χ0v) is 12.9. The van der Waals surface area contributed by atoms with E-state index in [0.717, 1.165) is 19.5 Å². The van der Waals surface area contributed by atoms with Crippen molar-refractivity contribution in [2.75, 3.05) is 6.54 Å². The predicted molar refractivity (Wildman–Crippen MR) is 88.2 cm³/mol. The van der Waals surface area contributed by atoms with Crippen molar-refractivity contribution in [3.63, 3.8) is 0 Å². The maximum absolute atomic E-state index is 3.81. The highest BCUT2D eigenvalue weighted by Gasteiger charge is 2.19. The van der Waals surface area contributed by atoms with E-state index < -0.39 is 0 Å². The first-order chi connectivity index (χ1) is 10.2. The van der Waals surface area contributed by atoms with Gasteiger partial charge >= 0.3 is 0 Å². The van der Waals surface area contributed by atoms with Crippen LogP contribution in [0.3, 0.4) is 0 Å². The lowest BCUT2D eigenvalue weighted by Gasteiger charge is -2.24. The van der Waals surface area contributed by atoms with Gasteiger partial charge in [-0.05, 0) is 43.5 Å². The molecular weight excluding hydrogens is 256 g/mol. The van der Waals surface area contributed by atoms with Crippen molar-refractivity contribution in [2.45, 2.75) is 38.9 Å². The molecule has 2 nitrogen and oxygen atoms in total. The Bertz CT molecular complexity index is 589. The Morgan fingerprint density at radius 1 is 1.10 bits per heavy atom. The van der Waals surface area contributed by atoms with Crippen LogP contribution in [0.5, 0.6) is 0 Å². The number of fused-ring (bicyclic) bond motifs is 1. The predicted octanol–water partition coefficient (Wildman–Crippen LogP) is 3.88. The second-order valence-corrected chi connectivity index (χ2v) is 6.02. The monoisotopic (exact) mass is 280 g/mol. The average Bonchev–Trinajstić information content (AvgIpc) is 2.71. The van der Waals surface area contributed by atoms with Gasteiger partial charge < -0.3 is 10.6 Å². The van der Waals surface area contributed by atoms with Crippen LogP contribution in [0.25, 0.3) is 0 Å². The molecule has 0 radical (unpaired) electrons. The van der Waals surface area contributed by atoms with Crippen molar-refractivity contribution >= 4 is 0 Å². The first-order valence-corrected chi connectivity index (χ1v) is 7.85. The second kappa shape index (κ2) is 6.42. The molecule has 1 aliphatic heterocycles. The Kier molecular flexibility index (Phi) is 4.37. The molecule has 0 saturated carbocycles. The molecule has 0 fully saturated rings. The molecule has 0 aromatic heterocycles. The van der Waals surface area contributed by atoms with E-state index in [2.05, 4.69) is 73.0 Å². The quantitative estimate of drug-likeness (QED) is 0.891. The summed E-state index contributed by atoms with van der Waals surface area (Å²) in [6, 6.07) is 18.4. The van der Waals surface area contributed by atoms with Crippen LogP contribution in [0, 0.1) is 6.92 Å². The number of nitrogens with one attached hydrogen (secondary N) is 2. The molecular formula is C19H24N2. The molecule has 0 spiro atoms. The van der Waals surface area contributed by atoms with Crippen molar-refractivity contribution < 1.29 is 0 Å². The Morgan fingerprint density at radius 3 is 2.67 bits per heavy atom. The zero-order valence-electron chi connectivity index (χ0n) is 12.9. The number of rotatable bonds is 3. The summed E-state index contributed by atoms with van der Waals surface area (Å²) >= 11 is 0. The van der Waals surface area contributed by atoms with Crippen molar-refractivity contribution in [3.05, 3.63) is 70.8 Å². The van der Waals surface area contributed by atoms with E-state index in [1.807, 2.05) is 0 Å². The summed E-state index contributed by atoms with van der Waals surface area (Å²) in [5.74, 6) is 0. The summed E-state index contributed by atoms with van der Waals surface area (Å²) in [7, 11) is 0. The van der Waals surface area contributed by atoms with Gasteiger partial charge in [-0.25, -0.2) is 0 Å². The lowest BCUT2D eigenvalue weighted by Crippen LogP contribution is -2.26. The first-order valence-electron chi connectivity index (χ1n) is 7.85. The number of hydrogen-bond donors (Lipinski definition) is 2. The second-order valence-electron chi connectivity index (χ2n) is 6.02. The minimum Gasteiger partial charge on any atom is -0.313 e. The van der Waals surface area contributed by atoms with Crippen LogP contribution in [-0.2, 0) is 6.54 Å². The lowest BCUT2D eigenvalue weighted by atomic mass is 9.97. The molecule has 21 heavy (non-hydrogen) atoms. The van der Waals surface area contributed by atoms with Crippen LogP contribution in [0.2, 0.25) is 0 Å². The van der Waals surface area contributed by atoms with Gasteiger partial charge in [-0.2, -0.15) is 0 Å². The van der Waals surface area contributed by atoms with Crippen molar-refractivity contribution in [1.29, 1.82) is 0 Å². The smallest absolute Gasteiger partial charge is 0.0340 e. The highest BCUT2D eigenvalue weighted by Crippen LogP contribution is 2.26. The van der Waals surface area contributed by atoms with Crippen molar-refractivity contribution in [2.24, 2.45) is 0 Å². The topological polar surface area (TPSA) is 24.1 Å². The molecule has 0 aliphatic carbocycles. The molecule has 2 atom stereocenters. The molecule has 2 N–H and O–H groups in total. The number of benzene rings is 2. The number of aryl methyl sites for hydroxylation is 1. The third kappa shape index (κ3) is 3.34. The summed E-state index contributed by atoms with van der Waals surface area (Å²) < 4.78 is 0. The van der Waals surface area contributed by atoms with Gasteiger partial charge in [0.05, 0.1) is 0 Å². The molecule has 2 aromatic carbocycles. The Hall–Kier alpha value is -1.64. The van der Waals surface area contributed by atoms with Crippen LogP contribution >= 0.6 is 0 Å². The fourth-order valence-corrected chi connectivity index (χ4v) is 3.09. The van der Waals surface area contributed by atoms with Crippen LogP contribution in [0.4, 0.5) is 0 Å². The average molecular weight is 280 g/mol. The molecule has 3 rings (SSSR count). The lowest BCUT2D eigenvalue weighted by molar-refractivity contribution is 0.443. The Morgan fingerprint density at radius 2 is 1.86 bits per heavy atom. The van der Waals surface area contributed by atoms with E-state index in [9.17, 15) is 0 Å². The minimum absolute atomic E-state index is 0.363. The van der Waals surface area contributed by atoms with Crippen LogP contribution in [0.15, 0.2) is 48.5 Å². The largest absolute Gasteiger partial charge is 0.313 e. The minimum atomic E-state index is 0.363. The Labute approximate surface area is 127 Å². The van der Waals surface area contributed by atoms with Gasteiger partial charge in [0.2, 0.25) is 0 Å². The molecule has 0 amide bonds. The molecule has 1 aliphatic rings. The molecule has 110 valence electrons. The van der Waals surface area contributed by atoms with Gasteiger partial charge in [-0.3, -0.25) is 0 Å². The van der Waals surface area contributed by atoms with Gasteiger partial charge in [-0.15, -0.1) is 0 Å². The van der Waals surface area contributed by atoms with Gasteiger partial charge in [-0.1, -0.05) is 54.1 Å². The van der Waals surface area contributed by atoms with E-state index in [4.69, 9.17) is 0 Å². The first kappa shape index (κ1) is 14.3. The summed E-state index contributed by atoms with van der Waals surface area (Å²) in [6.07, 6.45) is 1.13. The van der Waals surface area contributed by atoms with E-state index in [0.29, 0.717) is 12.1 Å². The van der Waals surface area contributed by atoms with Crippen molar-refractivity contribution in [1.82, 2.24) is 10.6 Å². The van der Waals surface area contributed by atoms with Gasteiger partial charge in [0, 0.05) is 18.6 Å². The van der Waals surface area contributed by atoms with Crippen LogP contribution in [0.1, 0.15) is 47.7 Å². The fraction of sp³-hybridized carbons (Fsp3) is 0.368. The van der Waals surface area contributed by atoms with E-state index in [-0.39, 0.29) is 0 Å². The maximum Gasteiger partial charge on any atom is 0.0340 e. The molecule has 0 bridgehead atoms. The van der Waals surface area contributed by atoms with E-state index in [1.165, 1.54) is 22.3 Å². The van der Waals surface area contributed by atoms with Gasteiger partial charge in [0.1, 0.15) is 0 Å². The highest BCUT2D eigenvalue weighted by molar-refractivity contribution is 5.32. The maximum atomic E-state index is 3.81. The summed E-state index contributed by atoms with van der Waals surface area (Å²) in [4.78, 5) is 0. The molecule has 1 heterocycles. The normalized spacial score (nSPS) is 19.6. The number of hydrogen-bond acceptors (Lipinski definition) is 2. The van der Waals surface area contributed by atoms with Crippen molar-refractivity contribution in [3.8, 4) is 0 Å². The SMILES string of the molecule is Cc1ccc(C(C)NC2CCNCc3ccccc32)cc1. The van der Waals surface area contributed by atoms with E-state index in [1.54, 1.807) is 0 Å². The summed E-state index contributed by atoms with van der Waals surface area (Å²) in [5.41, 5.74) is 5.54. The standard InChI is InChI=1S/C19H24N2/c1-14-7-9-16(10-8-14)15(2)21-19-11-12-20-13-17-5-3-4-6-18(17)19/h3-10,15,19-21H,11-13H2,1-2H3.